The minimum atomic E-state index is 0.986. The second kappa shape index (κ2) is 5.27. The Morgan fingerprint density at radius 2 is 2.31 bits per heavy atom. The maximum Gasteiger partial charge on any atom is 0.205 e. The number of alkyl halides is 1. The molecule has 0 spiro atoms. The van der Waals surface area contributed by atoms with E-state index in [1.54, 1.807) is 0 Å². The van der Waals surface area contributed by atoms with Gasteiger partial charge in [0.2, 0.25) is 5.95 Å². The summed E-state index contributed by atoms with van der Waals surface area (Å²) in [6.45, 7) is 4.26. The molecule has 0 saturated carbocycles. The number of anilines is 1. The summed E-state index contributed by atoms with van der Waals surface area (Å²) in [4.78, 5) is 6.61. The van der Waals surface area contributed by atoms with Gasteiger partial charge in [0, 0.05) is 37.9 Å². The van der Waals surface area contributed by atoms with Crippen molar-refractivity contribution in [1.82, 2.24) is 9.55 Å². The van der Waals surface area contributed by atoms with E-state index in [2.05, 4.69) is 37.3 Å². The van der Waals surface area contributed by atoms with E-state index < -0.39 is 0 Å². The van der Waals surface area contributed by atoms with Gasteiger partial charge in [-0.15, -0.1) is 0 Å². The lowest BCUT2D eigenvalue weighted by Crippen LogP contribution is -2.28. The fourth-order valence-electron chi connectivity index (χ4n) is 1.35. The summed E-state index contributed by atoms with van der Waals surface area (Å²) < 4.78 is 2.05. The van der Waals surface area contributed by atoms with Crippen molar-refractivity contribution < 1.29 is 0 Å². The van der Waals surface area contributed by atoms with Crippen LogP contribution in [0.25, 0.3) is 0 Å². The molecule has 0 aromatic carbocycles. The molecule has 0 aliphatic heterocycles. The van der Waals surface area contributed by atoms with Gasteiger partial charge in [0.05, 0.1) is 0 Å². The van der Waals surface area contributed by atoms with Gasteiger partial charge in [-0.1, -0.05) is 22.9 Å². The predicted molar refractivity (Wildman–Crippen MR) is 59.5 cm³/mol. The minimum absolute atomic E-state index is 0.986. The Bertz CT molecular complexity index is 241. The third-order valence-electron chi connectivity index (χ3n) is 1.93. The first kappa shape index (κ1) is 10.6. The van der Waals surface area contributed by atoms with Gasteiger partial charge >= 0.3 is 0 Å². The highest BCUT2D eigenvalue weighted by atomic mass is 79.9. The van der Waals surface area contributed by atoms with E-state index in [0.29, 0.717) is 0 Å². The summed E-state index contributed by atoms with van der Waals surface area (Å²) in [5, 5.41) is 0.986. The first-order valence-electron chi connectivity index (χ1n) is 4.57. The Labute approximate surface area is 87.9 Å². The van der Waals surface area contributed by atoms with Crippen LogP contribution in [0, 0.1) is 0 Å². The number of aromatic nitrogens is 2. The maximum atomic E-state index is 4.32. The van der Waals surface area contributed by atoms with Crippen LogP contribution in [0.4, 0.5) is 5.95 Å². The normalized spacial score (nSPS) is 10.4. The molecular weight excluding hydrogens is 230 g/mol. The van der Waals surface area contributed by atoms with Crippen LogP contribution in [0.5, 0.6) is 0 Å². The molecule has 0 atom stereocenters. The molecule has 0 radical (unpaired) electrons. The van der Waals surface area contributed by atoms with E-state index in [-0.39, 0.29) is 0 Å². The number of rotatable bonds is 5. The number of hydrogen-bond acceptors (Lipinski definition) is 2. The topological polar surface area (TPSA) is 21.1 Å². The van der Waals surface area contributed by atoms with Crippen LogP contribution >= 0.6 is 15.9 Å². The Hall–Kier alpha value is -0.510. The van der Waals surface area contributed by atoms with Crippen molar-refractivity contribution in [2.24, 2.45) is 7.05 Å². The molecule has 3 nitrogen and oxygen atoms in total. The highest BCUT2D eigenvalue weighted by Crippen LogP contribution is 2.10. The molecule has 0 saturated heterocycles. The summed E-state index contributed by atoms with van der Waals surface area (Å²) in [6.07, 6.45) is 4.97. The lowest BCUT2D eigenvalue weighted by Gasteiger charge is -2.21. The zero-order chi connectivity index (χ0) is 9.68. The smallest absolute Gasteiger partial charge is 0.205 e. The van der Waals surface area contributed by atoms with E-state index in [1.807, 2.05) is 19.4 Å². The van der Waals surface area contributed by atoms with Gasteiger partial charge in [-0.2, -0.15) is 0 Å². The number of halogens is 1. The minimum Gasteiger partial charge on any atom is -0.341 e. The van der Waals surface area contributed by atoms with Crippen LogP contribution in [0.15, 0.2) is 12.4 Å². The SMILES string of the molecule is CCCN(CCBr)c1nccn1C. The predicted octanol–water partition coefficient (Wildman–Crippen LogP) is 2.03. The highest BCUT2D eigenvalue weighted by Gasteiger charge is 2.08. The van der Waals surface area contributed by atoms with E-state index >= 15 is 0 Å². The fourth-order valence-corrected chi connectivity index (χ4v) is 1.77. The first-order valence-corrected chi connectivity index (χ1v) is 5.70. The Morgan fingerprint density at radius 1 is 1.54 bits per heavy atom. The Balaban J connectivity index is 2.69. The fraction of sp³-hybridized carbons (Fsp3) is 0.667. The van der Waals surface area contributed by atoms with Crippen LogP contribution in [0.1, 0.15) is 13.3 Å². The molecule has 0 amide bonds. The molecule has 0 aliphatic rings. The number of nitrogens with zero attached hydrogens (tertiary/aromatic N) is 3. The van der Waals surface area contributed by atoms with Crippen molar-refractivity contribution in [2.75, 3.05) is 23.3 Å². The third-order valence-corrected chi connectivity index (χ3v) is 2.28. The molecule has 0 fully saturated rings. The second-order valence-electron chi connectivity index (χ2n) is 3.01. The number of aryl methyl sites for hydroxylation is 1. The van der Waals surface area contributed by atoms with E-state index in [0.717, 1.165) is 30.8 Å². The first-order chi connectivity index (χ1) is 6.29. The molecule has 1 aromatic rings. The van der Waals surface area contributed by atoms with E-state index in [1.165, 1.54) is 0 Å². The zero-order valence-corrected chi connectivity index (χ0v) is 9.79. The summed E-state index contributed by atoms with van der Waals surface area (Å²) in [6, 6.07) is 0. The van der Waals surface area contributed by atoms with Crippen LogP contribution in [0.3, 0.4) is 0 Å². The number of imidazole rings is 1. The van der Waals surface area contributed by atoms with Crippen LogP contribution in [0.2, 0.25) is 0 Å². The van der Waals surface area contributed by atoms with Crippen molar-refractivity contribution in [3.8, 4) is 0 Å². The molecule has 13 heavy (non-hydrogen) atoms. The van der Waals surface area contributed by atoms with Crippen molar-refractivity contribution in [3.05, 3.63) is 12.4 Å². The van der Waals surface area contributed by atoms with Crippen molar-refractivity contribution in [1.29, 1.82) is 0 Å². The molecular formula is C9H16BrN3. The van der Waals surface area contributed by atoms with E-state index in [9.17, 15) is 0 Å². The Kier molecular flexibility index (Phi) is 4.28. The summed E-state index contributed by atoms with van der Waals surface area (Å²) >= 11 is 3.45. The second-order valence-corrected chi connectivity index (χ2v) is 3.81. The third kappa shape index (κ3) is 2.72. The average molecular weight is 246 g/mol. The molecule has 0 bridgehead atoms. The largest absolute Gasteiger partial charge is 0.341 e. The maximum absolute atomic E-state index is 4.32. The molecule has 74 valence electrons. The van der Waals surface area contributed by atoms with Crippen molar-refractivity contribution >= 4 is 21.9 Å². The summed E-state index contributed by atoms with van der Waals surface area (Å²) in [5.74, 6) is 1.06. The molecule has 0 unspecified atom stereocenters. The molecule has 1 aromatic heterocycles. The Morgan fingerprint density at radius 3 is 2.77 bits per heavy atom. The van der Waals surface area contributed by atoms with Crippen LogP contribution in [-0.2, 0) is 7.05 Å². The summed E-state index contributed by atoms with van der Waals surface area (Å²) in [5.41, 5.74) is 0. The molecule has 0 aliphatic carbocycles. The van der Waals surface area contributed by atoms with Gasteiger partial charge in [-0.3, -0.25) is 0 Å². The number of hydrogen-bond donors (Lipinski definition) is 0. The quantitative estimate of drug-likeness (QED) is 0.741. The standard InChI is InChI=1S/C9H16BrN3/c1-3-6-13(7-4-10)9-11-5-8-12(9)2/h5,8H,3-4,6-7H2,1-2H3. The van der Waals surface area contributed by atoms with Gasteiger partial charge < -0.3 is 9.47 Å². The van der Waals surface area contributed by atoms with Crippen LogP contribution in [-0.4, -0.2) is 28.0 Å². The molecule has 1 heterocycles. The molecule has 4 heteroatoms. The molecule has 1 rings (SSSR count). The van der Waals surface area contributed by atoms with Gasteiger partial charge in [0.15, 0.2) is 0 Å². The molecule has 0 N–H and O–H groups in total. The van der Waals surface area contributed by atoms with Gasteiger partial charge in [0.1, 0.15) is 0 Å². The highest BCUT2D eigenvalue weighted by molar-refractivity contribution is 9.09. The zero-order valence-electron chi connectivity index (χ0n) is 8.20. The monoisotopic (exact) mass is 245 g/mol. The lowest BCUT2D eigenvalue weighted by molar-refractivity contribution is 0.739. The summed E-state index contributed by atoms with van der Waals surface area (Å²) in [7, 11) is 2.03. The van der Waals surface area contributed by atoms with Crippen molar-refractivity contribution in [3.63, 3.8) is 0 Å². The van der Waals surface area contributed by atoms with Crippen LogP contribution < -0.4 is 4.90 Å². The van der Waals surface area contributed by atoms with Gasteiger partial charge in [0.25, 0.3) is 0 Å². The average Bonchev–Trinajstić information content (AvgIpc) is 2.51. The van der Waals surface area contributed by atoms with E-state index in [4.69, 9.17) is 0 Å². The van der Waals surface area contributed by atoms with Gasteiger partial charge in [-0.05, 0) is 6.42 Å². The lowest BCUT2D eigenvalue weighted by atomic mass is 10.4. The van der Waals surface area contributed by atoms with Gasteiger partial charge in [-0.25, -0.2) is 4.98 Å². The van der Waals surface area contributed by atoms with Crippen molar-refractivity contribution in [2.45, 2.75) is 13.3 Å².